The molecule has 2 aromatic rings. The highest BCUT2D eigenvalue weighted by Gasteiger charge is 2.15. The molecule has 2 aromatic carbocycles. The van der Waals surface area contributed by atoms with Crippen molar-refractivity contribution in [2.45, 2.75) is 11.5 Å². The summed E-state index contributed by atoms with van der Waals surface area (Å²) in [6, 6.07) is 10.7. The van der Waals surface area contributed by atoms with E-state index in [1.165, 1.54) is 25.3 Å². The Morgan fingerprint density at radius 3 is 2.62 bits per heavy atom. The first-order valence-corrected chi connectivity index (χ1v) is 7.88. The third-order valence-corrected chi connectivity index (χ3v) is 4.47. The highest BCUT2D eigenvalue weighted by Crippen LogP contribution is 2.28. The van der Waals surface area contributed by atoms with Gasteiger partial charge < -0.3 is 9.84 Å². The van der Waals surface area contributed by atoms with E-state index >= 15 is 0 Å². The molecule has 0 aromatic heterocycles. The molecule has 21 heavy (non-hydrogen) atoms. The van der Waals surface area contributed by atoms with Crippen LogP contribution in [0.4, 0.5) is 5.69 Å². The molecule has 0 radical (unpaired) electrons. The van der Waals surface area contributed by atoms with Crippen LogP contribution < -0.4 is 9.46 Å². The predicted molar refractivity (Wildman–Crippen MR) is 81.2 cm³/mol. The van der Waals surface area contributed by atoms with Crippen LogP contribution in [0.15, 0.2) is 47.4 Å². The maximum absolute atomic E-state index is 12.3. The van der Waals surface area contributed by atoms with Crippen LogP contribution >= 0.6 is 11.6 Å². The second-order valence-corrected chi connectivity index (χ2v) is 6.35. The van der Waals surface area contributed by atoms with Crippen molar-refractivity contribution in [2.75, 3.05) is 11.8 Å². The van der Waals surface area contributed by atoms with E-state index in [4.69, 9.17) is 21.4 Å². The van der Waals surface area contributed by atoms with Gasteiger partial charge in [-0.05, 0) is 35.9 Å². The van der Waals surface area contributed by atoms with Crippen molar-refractivity contribution in [3.8, 4) is 5.75 Å². The fraction of sp³-hybridized carbons (Fsp3) is 0.143. The van der Waals surface area contributed by atoms with Crippen LogP contribution in [0.2, 0.25) is 5.02 Å². The van der Waals surface area contributed by atoms with Crippen molar-refractivity contribution in [1.29, 1.82) is 0 Å². The van der Waals surface area contributed by atoms with E-state index in [1.54, 1.807) is 24.3 Å². The summed E-state index contributed by atoms with van der Waals surface area (Å²) >= 11 is 5.96. The number of aliphatic hydroxyl groups is 1. The van der Waals surface area contributed by atoms with Gasteiger partial charge in [0.25, 0.3) is 10.0 Å². The van der Waals surface area contributed by atoms with E-state index in [2.05, 4.69) is 4.72 Å². The van der Waals surface area contributed by atoms with E-state index in [0.717, 1.165) is 0 Å². The molecule has 5 nitrogen and oxygen atoms in total. The summed E-state index contributed by atoms with van der Waals surface area (Å²) in [5.74, 6) is 0.460. The first-order valence-electron chi connectivity index (χ1n) is 6.02. The van der Waals surface area contributed by atoms with Crippen LogP contribution in [0.1, 0.15) is 5.56 Å². The van der Waals surface area contributed by atoms with Crippen LogP contribution in [0, 0.1) is 0 Å². The maximum atomic E-state index is 12.3. The summed E-state index contributed by atoms with van der Waals surface area (Å²) in [6.07, 6.45) is 0. The first kappa shape index (κ1) is 15.6. The molecule has 0 aliphatic rings. The maximum Gasteiger partial charge on any atom is 0.261 e. The number of halogens is 1. The number of hydrogen-bond acceptors (Lipinski definition) is 4. The third kappa shape index (κ3) is 3.66. The van der Waals surface area contributed by atoms with Gasteiger partial charge >= 0.3 is 0 Å². The lowest BCUT2D eigenvalue weighted by atomic mass is 10.2. The third-order valence-electron chi connectivity index (χ3n) is 2.80. The van der Waals surface area contributed by atoms with E-state index in [-0.39, 0.29) is 11.5 Å². The molecule has 0 aliphatic heterocycles. The Hall–Kier alpha value is -1.76. The molecule has 0 spiro atoms. The number of aliphatic hydroxyl groups excluding tert-OH is 1. The zero-order valence-corrected chi connectivity index (χ0v) is 12.8. The fourth-order valence-corrected chi connectivity index (χ4v) is 3.13. The smallest absolute Gasteiger partial charge is 0.261 e. The Labute approximate surface area is 128 Å². The van der Waals surface area contributed by atoms with Crippen LogP contribution in [0.5, 0.6) is 5.75 Å². The quantitative estimate of drug-likeness (QED) is 0.885. The van der Waals surface area contributed by atoms with Gasteiger partial charge in [-0.2, -0.15) is 0 Å². The molecule has 0 bridgehead atoms. The van der Waals surface area contributed by atoms with Gasteiger partial charge in [0.15, 0.2) is 0 Å². The van der Waals surface area contributed by atoms with Crippen molar-refractivity contribution in [3.63, 3.8) is 0 Å². The monoisotopic (exact) mass is 327 g/mol. The Morgan fingerprint density at radius 1 is 1.24 bits per heavy atom. The summed E-state index contributed by atoms with van der Waals surface area (Å²) in [6.45, 7) is -0.224. The van der Waals surface area contributed by atoms with E-state index in [9.17, 15) is 8.42 Å². The molecule has 0 atom stereocenters. The molecule has 2 rings (SSSR count). The van der Waals surface area contributed by atoms with Crippen LogP contribution in [-0.2, 0) is 16.6 Å². The normalized spacial score (nSPS) is 11.2. The molecule has 0 heterocycles. The number of rotatable bonds is 5. The second kappa shape index (κ2) is 6.34. The molecular weight excluding hydrogens is 314 g/mol. The molecule has 0 saturated heterocycles. The molecule has 0 amide bonds. The van der Waals surface area contributed by atoms with Crippen molar-refractivity contribution < 1.29 is 18.3 Å². The molecule has 0 fully saturated rings. The minimum Gasteiger partial charge on any atom is -0.495 e. The standard InChI is InChI=1S/C14H14ClNO4S/c1-20-14-6-5-11(8-13(14)15)16-21(18,19)12-4-2-3-10(7-12)9-17/h2-8,16-17H,9H2,1H3. The first-order chi connectivity index (χ1) is 9.96. The molecule has 112 valence electrons. The SMILES string of the molecule is COc1ccc(NS(=O)(=O)c2cccc(CO)c2)cc1Cl. The summed E-state index contributed by atoms with van der Waals surface area (Å²) in [5.41, 5.74) is 0.848. The van der Waals surface area contributed by atoms with Gasteiger partial charge in [0.1, 0.15) is 5.75 Å². The van der Waals surface area contributed by atoms with E-state index < -0.39 is 10.0 Å². The molecule has 0 saturated carbocycles. The highest BCUT2D eigenvalue weighted by atomic mass is 35.5. The van der Waals surface area contributed by atoms with Gasteiger partial charge in [-0.3, -0.25) is 4.72 Å². The lowest BCUT2D eigenvalue weighted by molar-refractivity contribution is 0.281. The largest absolute Gasteiger partial charge is 0.495 e. The number of sulfonamides is 1. The molecule has 0 aliphatic carbocycles. The van der Waals surface area contributed by atoms with Gasteiger partial charge in [0.05, 0.1) is 29.3 Å². The Balaban J connectivity index is 2.30. The summed E-state index contributed by atoms with van der Waals surface area (Å²) < 4.78 is 32.0. The predicted octanol–water partition coefficient (Wildman–Crippen LogP) is 2.64. The lowest BCUT2D eigenvalue weighted by Crippen LogP contribution is -2.13. The average molecular weight is 328 g/mol. The number of hydrogen-bond donors (Lipinski definition) is 2. The van der Waals surface area contributed by atoms with E-state index in [1.807, 2.05) is 0 Å². The van der Waals surface area contributed by atoms with Gasteiger partial charge in [0, 0.05) is 0 Å². The number of ether oxygens (including phenoxy) is 1. The Morgan fingerprint density at radius 2 is 2.00 bits per heavy atom. The summed E-state index contributed by atoms with van der Waals surface area (Å²) in [5, 5.41) is 9.37. The van der Waals surface area contributed by atoms with Crippen LogP contribution in [0.3, 0.4) is 0 Å². The van der Waals surface area contributed by atoms with Gasteiger partial charge in [-0.1, -0.05) is 23.7 Å². The molecule has 7 heteroatoms. The zero-order valence-electron chi connectivity index (χ0n) is 11.2. The zero-order chi connectivity index (χ0) is 15.5. The lowest BCUT2D eigenvalue weighted by Gasteiger charge is -2.10. The van der Waals surface area contributed by atoms with Crippen molar-refractivity contribution in [3.05, 3.63) is 53.1 Å². The Kier molecular flexibility index (Phi) is 4.72. The second-order valence-electron chi connectivity index (χ2n) is 4.26. The Bertz CT molecular complexity index is 746. The minimum atomic E-state index is -3.74. The molecule has 0 unspecified atom stereocenters. The topological polar surface area (TPSA) is 75.6 Å². The summed E-state index contributed by atoms with van der Waals surface area (Å²) in [4.78, 5) is 0.0704. The molecular formula is C14H14ClNO4S. The van der Waals surface area contributed by atoms with E-state index in [0.29, 0.717) is 22.0 Å². The van der Waals surface area contributed by atoms with Crippen molar-refractivity contribution in [2.24, 2.45) is 0 Å². The number of nitrogens with one attached hydrogen (secondary N) is 1. The fourth-order valence-electron chi connectivity index (χ4n) is 1.75. The van der Waals surface area contributed by atoms with Crippen molar-refractivity contribution in [1.82, 2.24) is 0 Å². The highest BCUT2D eigenvalue weighted by molar-refractivity contribution is 7.92. The number of methoxy groups -OCH3 is 1. The molecule has 2 N–H and O–H groups in total. The summed E-state index contributed by atoms with van der Waals surface area (Å²) in [7, 11) is -2.27. The average Bonchev–Trinajstić information content (AvgIpc) is 2.47. The van der Waals surface area contributed by atoms with Gasteiger partial charge in [-0.25, -0.2) is 8.42 Å². The number of anilines is 1. The van der Waals surface area contributed by atoms with Crippen molar-refractivity contribution >= 4 is 27.3 Å². The van der Waals surface area contributed by atoms with Gasteiger partial charge in [-0.15, -0.1) is 0 Å². The van der Waals surface area contributed by atoms with Crippen LogP contribution in [0.25, 0.3) is 0 Å². The number of benzene rings is 2. The minimum absolute atomic E-state index is 0.0704. The van der Waals surface area contributed by atoms with Gasteiger partial charge in [0.2, 0.25) is 0 Å². The van der Waals surface area contributed by atoms with Crippen LogP contribution in [-0.4, -0.2) is 20.6 Å².